The Hall–Kier alpha value is -0.870. The lowest BCUT2D eigenvalue weighted by Crippen LogP contribution is -2.62. The van der Waals surface area contributed by atoms with Crippen molar-refractivity contribution in [2.75, 3.05) is 13.1 Å². The minimum absolute atomic E-state index is 0.253. The summed E-state index contributed by atoms with van der Waals surface area (Å²) in [5, 5.41) is 8.05. The second-order valence-electron chi connectivity index (χ2n) is 6.96. The molecule has 1 aromatic heterocycles. The summed E-state index contributed by atoms with van der Waals surface area (Å²) in [5.41, 5.74) is 1.57. The van der Waals surface area contributed by atoms with Crippen molar-refractivity contribution < 1.29 is 0 Å². The summed E-state index contributed by atoms with van der Waals surface area (Å²) in [7, 11) is 1.99. The molecule has 0 aromatic carbocycles. The molecule has 1 aromatic rings. The summed E-state index contributed by atoms with van der Waals surface area (Å²) in [6.07, 6.45) is 6.56. The molecular weight excluding hydrogens is 248 g/mol. The standard InChI is InChI=1S/C16H30N4/c1-6-16(4)12-17-15(7-13(2)3)11-20(16)10-14-8-18-19(5)9-14/h8-9,13,15,17H,6-7,10-12H2,1-5H3. The Bertz CT molecular complexity index is 426. The molecule has 0 radical (unpaired) electrons. The fraction of sp³-hybridized carbons (Fsp3) is 0.812. The molecule has 2 atom stereocenters. The first-order valence-electron chi connectivity index (χ1n) is 7.89. The number of hydrogen-bond donors (Lipinski definition) is 1. The SMILES string of the molecule is CCC1(C)CNC(CC(C)C)CN1Cc1cnn(C)c1. The lowest BCUT2D eigenvalue weighted by atomic mass is 9.89. The fourth-order valence-corrected chi connectivity index (χ4v) is 3.13. The summed E-state index contributed by atoms with van der Waals surface area (Å²) in [5.74, 6) is 0.749. The van der Waals surface area contributed by atoms with Gasteiger partial charge >= 0.3 is 0 Å². The number of nitrogens with one attached hydrogen (secondary N) is 1. The van der Waals surface area contributed by atoms with E-state index in [1.807, 2.05) is 17.9 Å². The van der Waals surface area contributed by atoms with Gasteiger partial charge in [0.05, 0.1) is 6.20 Å². The van der Waals surface area contributed by atoms with Gasteiger partial charge in [-0.05, 0) is 25.7 Å². The van der Waals surface area contributed by atoms with E-state index in [4.69, 9.17) is 0 Å². The van der Waals surface area contributed by atoms with Gasteiger partial charge in [-0.25, -0.2) is 0 Å². The Balaban J connectivity index is 2.07. The van der Waals surface area contributed by atoms with Gasteiger partial charge in [0.2, 0.25) is 0 Å². The fourth-order valence-electron chi connectivity index (χ4n) is 3.13. The second kappa shape index (κ2) is 6.27. The highest BCUT2D eigenvalue weighted by molar-refractivity contribution is 5.06. The van der Waals surface area contributed by atoms with Crippen LogP contribution < -0.4 is 5.32 Å². The minimum atomic E-state index is 0.253. The third-order valence-corrected chi connectivity index (χ3v) is 4.63. The van der Waals surface area contributed by atoms with Crippen molar-refractivity contribution >= 4 is 0 Å². The Kier molecular flexibility index (Phi) is 4.86. The minimum Gasteiger partial charge on any atom is -0.311 e. The molecule has 0 saturated carbocycles. The van der Waals surface area contributed by atoms with E-state index in [0.717, 1.165) is 25.6 Å². The highest BCUT2D eigenvalue weighted by Crippen LogP contribution is 2.26. The zero-order valence-electron chi connectivity index (χ0n) is 13.7. The first-order valence-corrected chi connectivity index (χ1v) is 7.89. The molecule has 1 saturated heterocycles. The van der Waals surface area contributed by atoms with Crippen molar-refractivity contribution in [2.24, 2.45) is 13.0 Å². The first-order chi connectivity index (χ1) is 9.43. The molecule has 2 heterocycles. The Morgan fingerprint density at radius 1 is 1.50 bits per heavy atom. The lowest BCUT2D eigenvalue weighted by molar-refractivity contribution is 0.0372. The van der Waals surface area contributed by atoms with Crippen LogP contribution in [0.25, 0.3) is 0 Å². The van der Waals surface area contributed by atoms with Crippen LogP contribution in [0.5, 0.6) is 0 Å². The Labute approximate surface area is 123 Å². The van der Waals surface area contributed by atoms with E-state index < -0.39 is 0 Å². The van der Waals surface area contributed by atoms with Crippen LogP contribution in [0.2, 0.25) is 0 Å². The van der Waals surface area contributed by atoms with Crippen molar-refractivity contribution in [3.8, 4) is 0 Å². The number of rotatable bonds is 5. The normalized spacial score (nSPS) is 28.2. The monoisotopic (exact) mass is 278 g/mol. The quantitative estimate of drug-likeness (QED) is 0.898. The van der Waals surface area contributed by atoms with E-state index in [1.54, 1.807) is 0 Å². The molecule has 1 fully saturated rings. The van der Waals surface area contributed by atoms with Crippen LogP contribution in [0.3, 0.4) is 0 Å². The van der Waals surface area contributed by atoms with Crippen molar-refractivity contribution in [3.05, 3.63) is 18.0 Å². The summed E-state index contributed by atoms with van der Waals surface area (Å²) < 4.78 is 1.90. The predicted molar refractivity (Wildman–Crippen MR) is 83.6 cm³/mol. The number of piperazine rings is 1. The van der Waals surface area contributed by atoms with E-state index in [2.05, 4.69) is 49.2 Å². The molecule has 20 heavy (non-hydrogen) atoms. The van der Waals surface area contributed by atoms with Crippen LogP contribution in [0.1, 0.15) is 46.1 Å². The predicted octanol–water partition coefficient (Wildman–Crippen LogP) is 2.41. The zero-order chi connectivity index (χ0) is 14.8. The maximum atomic E-state index is 4.30. The van der Waals surface area contributed by atoms with Gasteiger partial charge in [-0.15, -0.1) is 0 Å². The van der Waals surface area contributed by atoms with E-state index in [1.165, 1.54) is 18.4 Å². The Morgan fingerprint density at radius 2 is 2.25 bits per heavy atom. The number of aromatic nitrogens is 2. The van der Waals surface area contributed by atoms with Crippen molar-refractivity contribution in [2.45, 2.75) is 58.7 Å². The molecule has 4 nitrogen and oxygen atoms in total. The first kappa shape index (κ1) is 15.5. The maximum Gasteiger partial charge on any atom is 0.0534 e. The summed E-state index contributed by atoms with van der Waals surface area (Å²) in [4.78, 5) is 2.65. The largest absolute Gasteiger partial charge is 0.311 e. The van der Waals surface area contributed by atoms with Crippen LogP contribution >= 0.6 is 0 Å². The molecule has 4 heteroatoms. The summed E-state index contributed by atoms with van der Waals surface area (Å²) in [6, 6.07) is 0.617. The summed E-state index contributed by atoms with van der Waals surface area (Å²) in [6.45, 7) is 12.5. The third kappa shape index (κ3) is 3.61. The maximum absolute atomic E-state index is 4.30. The molecule has 1 N–H and O–H groups in total. The lowest BCUT2D eigenvalue weighted by Gasteiger charge is -2.48. The Morgan fingerprint density at radius 3 is 2.80 bits per heavy atom. The van der Waals surface area contributed by atoms with Gasteiger partial charge in [0.15, 0.2) is 0 Å². The molecule has 0 bridgehead atoms. The van der Waals surface area contributed by atoms with Gasteiger partial charge in [-0.1, -0.05) is 20.8 Å². The molecule has 114 valence electrons. The molecule has 0 amide bonds. The highest BCUT2D eigenvalue weighted by atomic mass is 15.3. The van der Waals surface area contributed by atoms with E-state index in [-0.39, 0.29) is 5.54 Å². The third-order valence-electron chi connectivity index (χ3n) is 4.63. The molecule has 2 unspecified atom stereocenters. The number of nitrogens with zero attached hydrogens (tertiary/aromatic N) is 3. The van der Waals surface area contributed by atoms with Crippen LogP contribution in [0.4, 0.5) is 0 Å². The van der Waals surface area contributed by atoms with Gasteiger partial charge in [0.25, 0.3) is 0 Å². The van der Waals surface area contributed by atoms with Crippen LogP contribution in [0, 0.1) is 5.92 Å². The van der Waals surface area contributed by atoms with Gasteiger partial charge in [0, 0.05) is 50.0 Å². The molecular formula is C16H30N4. The molecule has 1 aliphatic rings. The van der Waals surface area contributed by atoms with Crippen molar-refractivity contribution in [3.63, 3.8) is 0 Å². The zero-order valence-corrected chi connectivity index (χ0v) is 13.7. The number of aryl methyl sites for hydroxylation is 1. The van der Waals surface area contributed by atoms with E-state index in [0.29, 0.717) is 6.04 Å². The molecule has 0 aliphatic carbocycles. The highest BCUT2D eigenvalue weighted by Gasteiger charge is 2.36. The van der Waals surface area contributed by atoms with Gasteiger partial charge in [0.1, 0.15) is 0 Å². The topological polar surface area (TPSA) is 33.1 Å². The molecule has 1 aliphatic heterocycles. The number of hydrogen-bond acceptors (Lipinski definition) is 3. The van der Waals surface area contributed by atoms with E-state index >= 15 is 0 Å². The smallest absolute Gasteiger partial charge is 0.0534 e. The average Bonchev–Trinajstić information content (AvgIpc) is 2.79. The van der Waals surface area contributed by atoms with E-state index in [9.17, 15) is 0 Å². The van der Waals surface area contributed by atoms with Gasteiger partial charge < -0.3 is 5.32 Å². The van der Waals surface area contributed by atoms with Crippen LogP contribution in [0.15, 0.2) is 12.4 Å². The second-order valence-corrected chi connectivity index (χ2v) is 6.96. The van der Waals surface area contributed by atoms with Gasteiger partial charge in [-0.2, -0.15) is 5.10 Å². The average molecular weight is 278 g/mol. The van der Waals surface area contributed by atoms with Crippen molar-refractivity contribution in [1.82, 2.24) is 20.0 Å². The van der Waals surface area contributed by atoms with Crippen LogP contribution in [-0.2, 0) is 13.6 Å². The molecule has 2 rings (SSSR count). The van der Waals surface area contributed by atoms with Gasteiger partial charge in [-0.3, -0.25) is 9.58 Å². The van der Waals surface area contributed by atoms with Crippen molar-refractivity contribution in [1.29, 1.82) is 0 Å². The summed E-state index contributed by atoms with van der Waals surface area (Å²) >= 11 is 0. The van der Waals surface area contributed by atoms with Crippen LogP contribution in [-0.4, -0.2) is 39.4 Å². The molecule has 0 spiro atoms.